The molecule has 0 aliphatic heterocycles. The number of anilines is 1. The predicted molar refractivity (Wildman–Crippen MR) is 110 cm³/mol. The van der Waals surface area contributed by atoms with Crippen LogP contribution >= 0.6 is 0 Å². The number of H-pyrrole nitrogens is 2. The molecule has 0 saturated heterocycles. The van der Waals surface area contributed by atoms with Crippen molar-refractivity contribution in [3.63, 3.8) is 0 Å². The van der Waals surface area contributed by atoms with Gasteiger partial charge in [0, 0.05) is 24.2 Å². The van der Waals surface area contributed by atoms with Crippen LogP contribution in [0.3, 0.4) is 0 Å². The lowest BCUT2D eigenvalue weighted by Crippen LogP contribution is -2.31. The Kier molecular flexibility index (Phi) is 4.48. The number of fused-ring (bicyclic) bond motifs is 2. The number of aromatic amines is 2. The first kappa shape index (κ1) is 18.7. The number of nitrogens with zero attached hydrogens (tertiary/aromatic N) is 4. The largest absolute Gasteiger partial charge is 0.321 e. The molecule has 0 aromatic carbocycles. The molecule has 1 aliphatic carbocycles. The number of aromatic nitrogens is 5. The number of amides is 1. The maximum atomic E-state index is 12.5. The molecule has 1 unspecified atom stereocenters. The third kappa shape index (κ3) is 3.19. The minimum absolute atomic E-state index is 0.0183. The van der Waals surface area contributed by atoms with E-state index in [1.807, 2.05) is 19.9 Å². The smallest absolute Gasteiger partial charge is 0.229 e. The van der Waals surface area contributed by atoms with E-state index in [-0.39, 0.29) is 11.8 Å². The third-order valence-corrected chi connectivity index (χ3v) is 5.96. The Morgan fingerprint density at radius 3 is 2.93 bits per heavy atom. The number of rotatable bonds is 4. The topological polar surface area (TPSA) is 90.6 Å². The van der Waals surface area contributed by atoms with Crippen LogP contribution in [-0.2, 0) is 17.6 Å². The van der Waals surface area contributed by atoms with Gasteiger partial charge < -0.3 is 9.88 Å². The van der Waals surface area contributed by atoms with Gasteiger partial charge in [0.25, 0.3) is 0 Å². The minimum Gasteiger partial charge on any atom is -0.321 e. The normalized spacial score (nSPS) is 16.8. The number of nitrogens with one attached hydrogen (secondary N) is 2. The summed E-state index contributed by atoms with van der Waals surface area (Å²) in [5.74, 6) is 0.798. The molecule has 28 heavy (non-hydrogen) atoms. The van der Waals surface area contributed by atoms with E-state index in [0.29, 0.717) is 11.1 Å². The second-order valence-electron chi connectivity index (χ2n) is 8.72. The van der Waals surface area contributed by atoms with Gasteiger partial charge in [0.15, 0.2) is 11.5 Å². The summed E-state index contributed by atoms with van der Waals surface area (Å²) < 4.78 is 0. The Hall–Kier alpha value is -2.70. The molecule has 0 saturated carbocycles. The van der Waals surface area contributed by atoms with Gasteiger partial charge in [-0.2, -0.15) is 5.10 Å². The maximum Gasteiger partial charge on any atom is 0.229 e. The molecule has 1 atom stereocenters. The highest BCUT2D eigenvalue weighted by Crippen LogP contribution is 2.37. The molecule has 148 valence electrons. The molecule has 1 amide bonds. The van der Waals surface area contributed by atoms with Crippen LogP contribution in [0, 0.1) is 11.3 Å². The molecule has 3 heterocycles. The zero-order valence-corrected chi connectivity index (χ0v) is 17.3. The number of carbonyl (C=O) groups excluding carboxylic acids is 1. The first-order valence-electron chi connectivity index (χ1n) is 9.99. The van der Waals surface area contributed by atoms with E-state index in [9.17, 15) is 4.79 Å². The van der Waals surface area contributed by atoms with Crippen LogP contribution < -0.4 is 4.90 Å². The maximum absolute atomic E-state index is 12.5. The van der Waals surface area contributed by atoms with Crippen LogP contribution in [0.5, 0.6) is 0 Å². The first-order valence-corrected chi connectivity index (χ1v) is 9.99. The molecule has 0 spiro atoms. The van der Waals surface area contributed by atoms with Gasteiger partial charge in [0.1, 0.15) is 11.2 Å². The second kappa shape index (κ2) is 6.72. The van der Waals surface area contributed by atoms with Crippen molar-refractivity contribution in [2.45, 2.75) is 53.4 Å². The molecule has 0 fully saturated rings. The van der Waals surface area contributed by atoms with Crippen molar-refractivity contribution in [2.24, 2.45) is 11.3 Å². The monoisotopic (exact) mass is 380 g/mol. The lowest BCUT2D eigenvalue weighted by molar-refractivity contribution is -0.121. The molecule has 3 aromatic rings. The lowest BCUT2D eigenvalue weighted by Gasteiger charge is -2.28. The summed E-state index contributed by atoms with van der Waals surface area (Å²) in [5.41, 5.74) is 5.84. The lowest BCUT2D eigenvalue weighted by atomic mass is 9.76. The highest BCUT2D eigenvalue weighted by atomic mass is 16.2. The predicted octanol–water partition coefficient (Wildman–Crippen LogP) is 3.87. The van der Waals surface area contributed by atoms with E-state index in [1.165, 1.54) is 11.3 Å². The average Bonchev–Trinajstić information content (AvgIpc) is 3.27. The SMILES string of the molecule is CCC(C)C(=O)N(C)c1cnc2[nH]c(-c3n[nH]c4c3CCC(C)(C)C4)nc2c1. The highest BCUT2D eigenvalue weighted by Gasteiger charge is 2.30. The van der Waals surface area contributed by atoms with Gasteiger partial charge in [-0.3, -0.25) is 9.89 Å². The summed E-state index contributed by atoms with van der Waals surface area (Å²) in [5, 5.41) is 7.74. The molecular formula is C21H28N6O. The summed E-state index contributed by atoms with van der Waals surface area (Å²) in [6.45, 7) is 8.55. The number of pyridine rings is 1. The number of hydrogen-bond donors (Lipinski definition) is 2. The van der Waals surface area contributed by atoms with Crippen LogP contribution in [0.4, 0.5) is 5.69 Å². The Balaban J connectivity index is 1.67. The average molecular weight is 380 g/mol. The fourth-order valence-electron chi connectivity index (χ4n) is 3.86. The molecule has 7 nitrogen and oxygen atoms in total. The second-order valence-corrected chi connectivity index (χ2v) is 8.72. The number of imidazole rings is 1. The minimum atomic E-state index is -0.0183. The zero-order chi connectivity index (χ0) is 20.1. The van der Waals surface area contributed by atoms with Crippen LogP contribution in [0.15, 0.2) is 12.3 Å². The van der Waals surface area contributed by atoms with Crippen molar-refractivity contribution < 1.29 is 4.79 Å². The Morgan fingerprint density at radius 1 is 1.39 bits per heavy atom. The molecule has 2 N–H and O–H groups in total. The van der Waals surface area contributed by atoms with Crippen molar-refractivity contribution in [3.8, 4) is 11.5 Å². The Labute approximate surface area is 165 Å². The number of hydrogen-bond acceptors (Lipinski definition) is 4. The Bertz CT molecular complexity index is 1030. The molecule has 0 bridgehead atoms. The van der Waals surface area contributed by atoms with Crippen LogP contribution in [0.25, 0.3) is 22.7 Å². The van der Waals surface area contributed by atoms with E-state index in [0.717, 1.165) is 48.4 Å². The fourth-order valence-corrected chi connectivity index (χ4v) is 3.86. The van der Waals surface area contributed by atoms with Crippen molar-refractivity contribution in [2.75, 3.05) is 11.9 Å². The standard InChI is InChI=1S/C21H28N6O/c1-6-12(2)20(28)27(5)13-9-15-18(22-11-13)24-19(23-15)17-14-7-8-21(3,4)10-16(14)25-26-17/h9,11-12H,6-8,10H2,1-5H3,(H,25,26)(H,22,23,24). The van der Waals surface area contributed by atoms with Gasteiger partial charge >= 0.3 is 0 Å². The summed E-state index contributed by atoms with van der Waals surface area (Å²) in [6.07, 6.45) is 5.66. The van der Waals surface area contributed by atoms with Gasteiger partial charge in [0.05, 0.1) is 11.9 Å². The highest BCUT2D eigenvalue weighted by molar-refractivity contribution is 5.95. The van der Waals surface area contributed by atoms with Gasteiger partial charge in [0.2, 0.25) is 5.91 Å². The van der Waals surface area contributed by atoms with Crippen molar-refractivity contribution in [1.82, 2.24) is 25.1 Å². The first-order chi connectivity index (χ1) is 13.3. The van der Waals surface area contributed by atoms with Crippen molar-refractivity contribution in [1.29, 1.82) is 0 Å². The van der Waals surface area contributed by atoms with Gasteiger partial charge in [-0.05, 0) is 37.2 Å². The van der Waals surface area contributed by atoms with E-state index < -0.39 is 0 Å². The van der Waals surface area contributed by atoms with Crippen LogP contribution in [0.2, 0.25) is 0 Å². The van der Waals surface area contributed by atoms with Gasteiger partial charge in [-0.1, -0.05) is 27.7 Å². The van der Waals surface area contributed by atoms with E-state index >= 15 is 0 Å². The van der Waals surface area contributed by atoms with Crippen LogP contribution in [-0.4, -0.2) is 38.1 Å². The van der Waals surface area contributed by atoms with Gasteiger partial charge in [-0.15, -0.1) is 0 Å². The van der Waals surface area contributed by atoms with Crippen LogP contribution in [0.1, 0.15) is 51.8 Å². The molecule has 0 radical (unpaired) electrons. The third-order valence-electron chi connectivity index (χ3n) is 5.96. The summed E-state index contributed by atoms with van der Waals surface area (Å²) in [4.78, 5) is 26.6. The molecule has 1 aliphatic rings. The van der Waals surface area contributed by atoms with Crippen molar-refractivity contribution >= 4 is 22.8 Å². The molecule has 7 heteroatoms. The zero-order valence-electron chi connectivity index (χ0n) is 17.3. The fraction of sp³-hybridized carbons (Fsp3) is 0.524. The van der Waals surface area contributed by atoms with E-state index in [2.05, 4.69) is 34.0 Å². The van der Waals surface area contributed by atoms with E-state index in [1.54, 1.807) is 18.1 Å². The Morgan fingerprint density at radius 2 is 2.18 bits per heavy atom. The molecule has 3 aromatic heterocycles. The van der Waals surface area contributed by atoms with Gasteiger partial charge in [-0.25, -0.2) is 9.97 Å². The summed E-state index contributed by atoms with van der Waals surface area (Å²) >= 11 is 0. The molecule has 4 rings (SSSR count). The number of carbonyl (C=O) groups is 1. The molecular weight excluding hydrogens is 352 g/mol. The quantitative estimate of drug-likeness (QED) is 0.719. The van der Waals surface area contributed by atoms with Crippen molar-refractivity contribution in [3.05, 3.63) is 23.5 Å². The summed E-state index contributed by atoms with van der Waals surface area (Å²) in [6, 6.07) is 1.91. The summed E-state index contributed by atoms with van der Waals surface area (Å²) in [7, 11) is 1.79. The van der Waals surface area contributed by atoms with E-state index in [4.69, 9.17) is 4.98 Å².